The summed E-state index contributed by atoms with van der Waals surface area (Å²) in [6.07, 6.45) is 2.96. The number of imidazole rings is 1. The van der Waals surface area contributed by atoms with Crippen LogP contribution in [0.4, 0.5) is 8.78 Å². The monoisotopic (exact) mass is 251 g/mol. The van der Waals surface area contributed by atoms with Crippen LogP contribution in [0.5, 0.6) is 0 Å². The van der Waals surface area contributed by atoms with E-state index in [1.165, 1.54) is 12.1 Å². The number of hydrogen-bond donors (Lipinski definition) is 1. The molecule has 0 radical (unpaired) electrons. The van der Waals surface area contributed by atoms with Gasteiger partial charge in [-0.25, -0.2) is 13.8 Å². The molecule has 0 aliphatic heterocycles. The Morgan fingerprint density at radius 3 is 2.94 bits per heavy atom. The fourth-order valence-corrected chi connectivity index (χ4v) is 1.70. The van der Waals surface area contributed by atoms with Crippen LogP contribution in [-0.4, -0.2) is 16.1 Å². The lowest BCUT2D eigenvalue weighted by Crippen LogP contribution is -2.19. The average molecular weight is 251 g/mol. The minimum absolute atomic E-state index is 0.0731. The highest BCUT2D eigenvalue weighted by Crippen LogP contribution is 2.19. The van der Waals surface area contributed by atoms with E-state index in [1.807, 2.05) is 16.8 Å². The molecular formula is C13H15F2N3. The van der Waals surface area contributed by atoms with Gasteiger partial charge in [-0.15, -0.1) is 0 Å². The molecule has 1 aromatic heterocycles. The van der Waals surface area contributed by atoms with Crippen LogP contribution in [-0.2, 0) is 13.1 Å². The molecule has 96 valence electrons. The molecule has 0 aliphatic carbocycles. The summed E-state index contributed by atoms with van der Waals surface area (Å²) in [6.45, 7) is 2.18. The first-order valence-electron chi connectivity index (χ1n) is 5.79. The average Bonchev–Trinajstić information content (AvgIpc) is 2.88. The van der Waals surface area contributed by atoms with Crippen LogP contribution in [0.25, 0.3) is 0 Å². The summed E-state index contributed by atoms with van der Waals surface area (Å²) in [5.74, 6) is 0. The molecule has 0 saturated heterocycles. The SMILES string of the molecule is FC(F)c1cccc(CNCCn2ccnc2)c1. The van der Waals surface area contributed by atoms with Crippen LogP contribution in [0.15, 0.2) is 43.0 Å². The van der Waals surface area contributed by atoms with Crippen LogP contribution >= 0.6 is 0 Å². The highest BCUT2D eigenvalue weighted by Gasteiger charge is 2.06. The van der Waals surface area contributed by atoms with Crippen LogP contribution in [0.1, 0.15) is 17.6 Å². The molecule has 0 atom stereocenters. The maximum absolute atomic E-state index is 12.5. The van der Waals surface area contributed by atoms with Crippen LogP contribution < -0.4 is 5.32 Å². The number of nitrogens with one attached hydrogen (secondary N) is 1. The van der Waals surface area contributed by atoms with Gasteiger partial charge in [0.15, 0.2) is 0 Å². The van der Waals surface area contributed by atoms with Gasteiger partial charge in [-0.1, -0.05) is 18.2 Å². The lowest BCUT2D eigenvalue weighted by Gasteiger charge is -2.07. The van der Waals surface area contributed by atoms with E-state index in [9.17, 15) is 8.78 Å². The number of aromatic nitrogens is 2. The lowest BCUT2D eigenvalue weighted by atomic mass is 10.1. The van der Waals surface area contributed by atoms with Crippen molar-refractivity contribution in [2.45, 2.75) is 19.5 Å². The molecule has 0 amide bonds. The number of nitrogens with zero attached hydrogens (tertiary/aromatic N) is 2. The van der Waals surface area contributed by atoms with Gasteiger partial charge < -0.3 is 9.88 Å². The second-order valence-electron chi connectivity index (χ2n) is 4.02. The first-order valence-corrected chi connectivity index (χ1v) is 5.79. The van der Waals surface area contributed by atoms with Crippen LogP contribution in [0.3, 0.4) is 0 Å². The molecule has 5 heteroatoms. The molecule has 0 unspecified atom stereocenters. The maximum atomic E-state index is 12.5. The Hall–Kier alpha value is -1.75. The van der Waals surface area contributed by atoms with E-state index < -0.39 is 6.43 Å². The van der Waals surface area contributed by atoms with Crippen molar-refractivity contribution in [1.29, 1.82) is 0 Å². The third kappa shape index (κ3) is 3.63. The Labute approximate surface area is 104 Å². The van der Waals surface area contributed by atoms with Crippen molar-refractivity contribution in [3.63, 3.8) is 0 Å². The van der Waals surface area contributed by atoms with Gasteiger partial charge in [0.25, 0.3) is 6.43 Å². The summed E-state index contributed by atoms with van der Waals surface area (Å²) in [5.41, 5.74) is 0.947. The number of hydrogen-bond acceptors (Lipinski definition) is 2. The first-order chi connectivity index (χ1) is 8.75. The Kier molecular flexibility index (Phi) is 4.41. The Morgan fingerprint density at radius 2 is 2.22 bits per heavy atom. The van der Waals surface area contributed by atoms with Crippen molar-refractivity contribution < 1.29 is 8.78 Å². The molecule has 2 rings (SSSR count). The zero-order valence-electron chi connectivity index (χ0n) is 9.89. The van der Waals surface area contributed by atoms with E-state index in [2.05, 4.69) is 10.3 Å². The zero-order valence-corrected chi connectivity index (χ0v) is 9.89. The Balaban J connectivity index is 1.78. The van der Waals surface area contributed by atoms with Gasteiger partial charge in [0.05, 0.1) is 6.33 Å². The van der Waals surface area contributed by atoms with Crippen molar-refractivity contribution in [2.24, 2.45) is 0 Å². The molecule has 0 bridgehead atoms. The predicted molar refractivity (Wildman–Crippen MR) is 65.3 cm³/mol. The topological polar surface area (TPSA) is 29.9 Å². The molecule has 1 heterocycles. The number of alkyl halides is 2. The molecule has 0 fully saturated rings. The molecular weight excluding hydrogens is 236 g/mol. The van der Waals surface area contributed by atoms with Gasteiger partial charge in [0.2, 0.25) is 0 Å². The van der Waals surface area contributed by atoms with E-state index in [-0.39, 0.29) is 5.56 Å². The normalized spacial score (nSPS) is 11.1. The van der Waals surface area contributed by atoms with E-state index in [1.54, 1.807) is 18.6 Å². The Bertz CT molecular complexity index is 469. The zero-order chi connectivity index (χ0) is 12.8. The summed E-state index contributed by atoms with van der Waals surface area (Å²) in [6, 6.07) is 6.49. The smallest absolute Gasteiger partial charge is 0.263 e. The second-order valence-corrected chi connectivity index (χ2v) is 4.02. The molecule has 0 spiro atoms. The van der Waals surface area contributed by atoms with Gasteiger partial charge in [-0.2, -0.15) is 0 Å². The fourth-order valence-electron chi connectivity index (χ4n) is 1.70. The van der Waals surface area contributed by atoms with Crippen molar-refractivity contribution in [3.8, 4) is 0 Å². The predicted octanol–water partition coefficient (Wildman–Crippen LogP) is 2.61. The van der Waals surface area contributed by atoms with E-state index in [0.717, 1.165) is 18.7 Å². The molecule has 0 aliphatic rings. The molecule has 3 nitrogen and oxygen atoms in total. The standard InChI is InChI=1S/C13H15F2N3/c14-13(15)12-3-1-2-11(8-12)9-16-4-6-18-7-5-17-10-18/h1-3,5,7-8,10,13,16H,4,6,9H2. The second kappa shape index (κ2) is 6.26. The fraction of sp³-hybridized carbons (Fsp3) is 0.308. The molecule has 18 heavy (non-hydrogen) atoms. The van der Waals surface area contributed by atoms with E-state index in [4.69, 9.17) is 0 Å². The van der Waals surface area contributed by atoms with Crippen molar-refractivity contribution in [3.05, 3.63) is 54.1 Å². The summed E-state index contributed by atoms with van der Waals surface area (Å²) in [5, 5.41) is 3.21. The number of benzene rings is 1. The summed E-state index contributed by atoms with van der Waals surface area (Å²) in [4.78, 5) is 3.94. The highest BCUT2D eigenvalue weighted by molar-refractivity contribution is 5.24. The van der Waals surface area contributed by atoms with Crippen molar-refractivity contribution in [1.82, 2.24) is 14.9 Å². The van der Waals surface area contributed by atoms with Crippen LogP contribution in [0.2, 0.25) is 0 Å². The largest absolute Gasteiger partial charge is 0.336 e. The van der Waals surface area contributed by atoms with Gasteiger partial charge in [0.1, 0.15) is 0 Å². The lowest BCUT2D eigenvalue weighted by molar-refractivity contribution is 0.151. The minimum Gasteiger partial charge on any atom is -0.336 e. The minimum atomic E-state index is -2.41. The van der Waals surface area contributed by atoms with Crippen LogP contribution in [0, 0.1) is 0 Å². The highest BCUT2D eigenvalue weighted by atomic mass is 19.3. The van der Waals surface area contributed by atoms with Gasteiger partial charge >= 0.3 is 0 Å². The number of rotatable bonds is 6. The van der Waals surface area contributed by atoms with E-state index in [0.29, 0.717) is 6.54 Å². The van der Waals surface area contributed by atoms with Gasteiger partial charge in [0, 0.05) is 37.6 Å². The van der Waals surface area contributed by atoms with Gasteiger partial charge in [-0.05, 0) is 11.6 Å². The maximum Gasteiger partial charge on any atom is 0.263 e. The quantitative estimate of drug-likeness (QED) is 0.800. The summed E-state index contributed by atoms with van der Waals surface area (Å²) >= 11 is 0. The number of halogens is 2. The third-order valence-corrected chi connectivity index (χ3v) is 2.64. The third-order valence-electron chi connectivity index (χ3n) is 2.64. The Morgan fingerprint density at radius 1 is 1.33 bits per heavy atom. The summed E-state index contributed by atoms with van der Waals surface area (Å²) < 4.78 is 26.9. The molecule has 1 aromatic carbocycles. The van der Waals surface area contributed by atoms with Gasteiger partial charge in [-0.3, -0.25) is 0 Å². The summed E-state index contributed by atoms with van der Waals surface area (Å²) in [7, 11) is 0. The molecule has 2 aromatic rings. The van der Waals surface area contributed by atoms with E-state index >= 15 is 0 Å². The van der Waals surface area contributed by atoms with Crippen molar-refractivity contribution in [2.75, 3.05) is 6.54 Å². The molecule has 0 saturated carbocycles. The van der Waals surface area contributed by atoms with Crippen molar-refractivity contribution >= 4 is 0 Å². The first kappa shape index (κ1) is 12.7. The molecule has 1 N–H and O–H groups in total.